The van der Waals surface area contributed by atoms with E-state index in [1.807, 2.05) is 36.4 Å². The molecule has 1 heterocycles. The van der Waals surface area contributed by atoms with Crippen LogP contribution in [0.4, 0.5) is 0 Å². The topological polar surface area (TPSA) is 44.5 Å². The molecular formula is C16H15BrClNO2. The number of fused-ring (bicyclic) bond motifs is 1. The molecule has 3 nitrogen and oxygen atoms in total. The van der Waals surface area contributed by atoms with Crippen molar-refractivity contribution in [3.8, 4) is 11.5 Å². The van der Waals surface area contributed by atoms with E-state index in [-0.39, 0.29) is 6.04 Å². The predicted molar refractivity (Wildman–Crippen MR) is 87.2 cm³/mol. The second kappa shape index (κ2) is 6.26. The smallest absolute Gasteiger partial charge is 0.161 e. The van der Waals surface area contributed by atoms with Crippen LogP contribution in [0.2, 0.25) is 5.02 Å². The van der Waals surface area contributed by atoms with Gasteiger partial charge in [-0.1, -0.05) is 23.7 Å². The summed E-state index contributed by atoms with van der Waals surface area (Å²) < 4.78 is 12.2. The molecule has 0 radical (unpaired) electrons. The molecule has 0 spiro atoms. The van der Waals surface area contributed by atoms with Crippen molar-refractivity contribution < 1.29 is 9.47 Å². The Hall–Kier alpha value is -1.23. The van der Waals surface area contributed by atoms with Crippen LogP contribution in [0.15, 0.2) is 40.9 Å². The predicted octanol–water partition coefficient (Wildman–Crippen LogP) is 4.31. The Balaban J connectivity index is 1.92. The highest BCUT2D eigenvalue weighted by atomic mass is 79.9. The quantitative estimate of drug-likeness (QED) is 0.859. The number of hydrogen-bond donors (Lipinski definition) is 1. The molecule has 2 N–H and O–H groups in total. The van der Waals surface area contributed by atoms with E-state index in [4.69, 9.17) is 26.8 Å². The van der Waals surface area contributed by atoms with Gasteiger partial charge in [0.25, 0.3) is 0 Å². The maximum absolute atomic E-state index is 6.34. The second-order valence-electron chi connectivity index (χ2n) is 4.91. The fourth-order valence-electron chi connectivity index (χ4n) is 2.27. The van der Waals surface area contributed by atoms with E-state index in [9.17, 15) is 0 Å². The Morgan fingerprint density at radius 3 is 2.43 bits per heavy atom. The summed E-state index contributed by atoms with van der Waals surface area (Å²) in [6.45, 7) is 1.34. The zero-order valence-electron chi connectivity index (χ0n) is 11.3. The minimum atomic E-state index is -0.257. The Bertz CT molecular complexity index is 663. The highest BCUT2D eigenvalue weighted by Gasteiger charge is 2.15. The lowest BCUT2D eigenvalue weighted by Gasteiger charge is -2.16. The molecule has 0 bridgehead atoms. The monoisotopic (exact) mass is 367 g/mol. The van der Waals surface area contributed by atoms with Gasteiger partial charge in [-0.05, 0) is 51.3 Å². The number of rotatable bonds is 2. The van der Waals surface area contributed by atoms with E-state index in [2.05, 4.69) is 15.9 Å². The van der Waals surface area contributed by atoms with Crippen LogP contribution < -0.4 is 15.2 Å². The number of halogens is 2. The van der Waals surface area contributed by atoms with Crippen molar-refractivity contribution in [3.63, 3.8) is 0 Å². The zero-order valence-corrected chi connectivity index (χ0v) is 13.7. The van der Waals surface area contributed by atoms with Crippen LogP contribution in [0.1, 0.15) is 23.6 Å². The number of hydrogen-bond acceptors (Lipinski definition) is 3. The molecule has 2 aromatic rings. The first-order valence-corrected chi connectivity index (χ1v) is 7.92. The molecule has 110 valence electrons. The fourth-order valence-corrected chi connectivity index (χ4v) is 2.71. The molecule has 21 heavy (non-hydrogen) atoms. The average molecular weight is 369 g/mol. The van der Waals surface area contributed by atoms with Crippen molar-refractivity contribution >= 4 is 27.5 Å². The number of benzene rings is 2. The van der Waals surface area contributed by atoms with E-state index < -0.39 is 0 Å². The Morgan fingerprint density at radius 1 is 1.00 bits per heavy atom. The van der Waals surface area contributed by atoms with Gasteiger partial charge in [0.2, 0.25) is 0 Å². The van der Waals surface area contributed by atoms with Crippen LogP contribution >= 0.6 is 27.5 Å². The Morgan fingerprint density at radius 2 is 1.67 bits per heavy atom. The Kier molecular flexibility index (Phi) is 4.38. The van der Waals surface area contributed by atoms with E-state index in [0.717, 1.165) is 33.5 Å². The number of nitrogens with two attached hydrogens (primary N) is 1. The van der Waals surface area contributed by atoms with Crippen molar-refractivity contribution in [2.24, 2.45) is 5.73 Å². The molecule has 0 fully saturated rings. The van der Waals surface area contributed by atoms with Gasteiger partial charge in [-0.25, -0.2) is 0 Å². The van der Waals surface area contributed by atoms with Crippen LogP contribution in [-0.2, 0) is 0 Å². The van der Waals surface area contributed by atoms with E-state index >= 15 is 0 Å². The summed E-state index contributed by atoms with van der Waals surface area (Å²) in [6.07, 6.45) is 0.887. The van der Waals surface area contributed by atoms with Gasteiger partial charge < -0.3 is 15.2 Å². The van der Waals surface area contributed by atoms with Crippen LogP contribution in [0.5, 0.6) is 11.5 Å². The summed E-state index contributed by atoms with van der Waals surface area (Å²) in [5.41, 5.74) is 8.26. The van der Waals surface area contributed by atoms with Gasteiger partial charge in [-0.3, -0.25) is 0 Å². The van der Waals surface area contributed by atoms with Crippen molar-refractivity contribution in [1.29, 1.82) is 0 Å². The molecule has 3 rings (SSSR count). The summed E-state index contributed by atoms with van der Waals surface area (Å²) in [7, 11) is 0. The van der Waals surface area contributed by atoms with Gasteiger partial charge in [0, 0.05) is 10.9 Å². The number of ether oxygens (including phenoxy) is 2. The third kappa shape index (κ3) is 3.18. The molecule has 1 unspecified atom stereocenters. The fraction of sp³-hybridized carbons (Fsp3) is 0.250. The standard InChI is InChI=1S/C16H15BrClNO2/c17-12-4-2-10(8-13(12)18)16(19)11-3-5-14-15(9-11)21-7-1-6-20-14/h2-5,8-9,16H,1,6-7,19H2. The van der Waals surface area contributed by atoms with Crippen molar-refractivity contribution in [3.05, 3.63) is 57.0 Å². The summed E-state index contributed by atoms with van der Waals surface area (Å²) in [6, 6.07) is 11.3. The van der Waals surface area contributed by atoms with Crippen molar-refractivity contribution in [1.82, 2.24) is 0 Å². The third-order valence-electron chi connectivity index (χ3n) is 3.43. The normalized spacial score (nSPS) is 15.4. The molecule has 1 atom stereocenters. The highest BCUT2D eigenvalue weighted by molar-refractivity contribution is 9.10. The first-order valence-electron chi connectivity index (χ1n) is 6.75. The van der Waals surface area contributed by atoms with Crippen molar-refractivity contribution in [2.45, 2.75) is 12.5 Å². The van der Waals surface area contributed by atoms with E-state index in [1.165, 1.54) is 0 Å². The van der Waals surface area contributed by atoms with Gasteiger partial charge in [-0.15, -0.1) is 0 Å². The van der Waals surface area contributed by atoms with E-state index in [0.29, 0.717) is 18.2 Å². The molecule has 1 aliphatic heterocycles. The lowest BCUT2D eigenvalue weighted by molar-refractivity contribution is 0.297. The van der Waals surface area contributed by atoms with Gasteiger partial charge >= 0.3 is 0 Å². The Labute approximate surface area is 137 Å². The van der Waals surface area contributed by atoms with Gasteiger partial charge in [0.1, 0.15) is 0 Å². The summed E-state index contributed by atoms with van der Waals surface area (Å²) in [4.78, 5) is 0. The van der Waals surface area contributed by atoms with Gasteiger partial charge in [0.05, 0.1) is 24.3 Å². The first-order chi connectivity index (χ1) is 10.1. The highest BCUT2D eigenvalue weighted by Crippen LogP contribution is 2.34. The van der Waals surface area contributed by atoms with Gasteiger partial charge in [-0.2, -0.15) is 0 Å². The third-order valence-corrected chi connectivity index (χ3v) is 4.67. The molecule has 2 aromatic carbocycles. The molecular weight excluding hydrogens is 354 g/mol. The average Bonchev–Trinajstić information content (AvgIpc) is 2.73. The first kappa shape index (κ1) is 14.7. The summed E-state index contributed by atoms with van der Waals surface area (Å²) in [5, 5.41) is 0.650. The molecule has 0 aromatic heterocycles. The second-order valence-corrected chi connectivity index (χ2v) is 6.17. The molecule has 1 aliphatic rings. The SMILES string of the molecule is NC(c1ccc(Br)c(Cl)c1)c1ccc2c(c1)OCCCO2. The minimum absolute atomic E-state index is 0.257. The maximum atomic E-state index is 6.34. The van der Waals surface area contributed by atoms with Crippen LogP contribution in [-0.4, -0.2) is 13.2 Å². The van der Waals surface area contributed by atoms with E-state index in [1.54, 1.807) is 0 Å². The molecule has 5 heteroatoms. The van der Waals surface area contributed by atoms with Crippen LogP contribution in [0, 0.1) is 0 Å². The van der Waals surface area contributed by atoms with Gasteiger partial charge in [0.15, 0.2) is 11.5 Å². The molecule has 0 saturated carbocycles. The maximum Gasteiger partial charge on any atom is 0.161 e. The minimum Gasteiger partial charge on any atom is -0.490 e. The lowest BCUT2D eigenvalue weighted by Crippen LogP contribution is -2.12. The van der Waals surface area contributed by atoms with Crippen LogP contribution in [0.3, 0.4) is 0 Å². The molecule has 0 aliphatic carbocycles. The summed E-state index contributed by atoms with van der Waals surface area (Å²) in [5.74, 6) is 1.53. The lowest BCUT2D eigenvalue weighted by atomic mass is 9.99. The zero-order chi connectivity index (χ0) is 14.8. The molecule has 0 amide bonds. The van der Waals surface area contributed by atoms with Crippen LogP contribution in [0.25, 0.3) is 0 Å². The summed E-state index contributed by atoms with van der Waals surface area (Å²) >= 11 is 9.52. The van der Waals surface area contributed by atoms with Crippen molar-refractivity contribution in [2.75, 3.05) is 13.2 Å². The largest absolute Gasteiger partial charge is 0.490 e. The molecule has 0 saturated heterocycles.